The second-order valence-electron chi connectivity index (χ2n) is 5.96. The zero-order chi connectivity index (χ0) is 13.4. The fraction of sp³-hybridized carbons (Fsp3) is 1.00. The maximum Gasteiger partial charge on any atom is 0.0110 e. The summed E-state index contributed by atoms with van der Waals surface area (Å²) in [6, 6.07) is 0. The van der Waals surface area contributed by atoms with Gasteiger partial charge in [-0.15, -0.1) is 0 Å². The van der Waals surface area contributed by atoms with E-state index in [1.54, 1.807) is 0 Å². The van der Waals surface area contributed by atoms with Gasteiger partial charge in [0.15, 0.2) is 0 Å². The Hall–Kier alpha value is -0.160. The molecule has 0 aliphatic carbocycles. The molecule has 18 heavy (non-hydrogen) atoms. The lowest BCUT2D eigenvalue weighted by molar-refractivity contribution is 0.171. The van der Waals surface area contributed by atoms with Crippen molar-refractivity contribution in [3.8, 4) is 0 Å². The normalized spacial score (nSPS) is 22.5. The molecule has 1 aliphatic heterocycles. The quantitative estimate of drug-likeness (QED) is 0.726. The van der Waals surface area contributed by atoms with E-state index in [1.807, 2.05) is 0 Å². The molecule has 4 nitrogen and oxygen atoms in total. The van der Waals surface area contributed by atoms with E-state index in [0.717, 1.165) is 0 Å². The van der Waals surface area contributed by atoms with E-state index in [-0.39, 0.29) is 0 Å². The van der Waals surface area contributed by atoms with Gasteiger partial charge < -0.3 is 19.6 Å². The minimum atomic E-state index is 1.20. The Morgan fingerprint density at radius 2 is 1.39 bits per heavy atom. The molecular formula is C14H32N4. The molecule has 108 valence electrons. The molecule has 0 aromatic rings. The number of nitrogens with zero attached hydrogens (tertiary/aromatic N) is 4. The van der Waals surface area contributed by atoms with Crippen molar-refractivity contribution in [1.82, 2.24) is 19.6 Å². The summed E-state index contributed by atoms with van der Waals surface area (Å²) in [7, 11) is 8.81. The zero-order valence-electron chi connectivity index (χ0n) is 12.9. The van der Waals surface area contributed by atoms with Crippen molar-refractivity contribution in [3.05, 3.63) is 0 Å². The summed E-state index contributed by atoms with van der Waals surface area (Å²) in [5, 5.41) is 0. The molecule has 0 N–H and O–H groups in total. The van der Waals surface area contributed by atoms with Gasteiger partial charge in [-0.3, -0.25) is 0 Å². The summed E-state index contributed by atoms with van der Waals surface area (Å²) in [6.07, 6.45) is 2.58. The third-order valence-electron chi connectivity index (χ3n) is 3.76. The minimum Gasteiger partial charge on any atom is -0.309 e. The Morgan fingerprint density at radius 1 is 0.833 bits per heavy atom. The van der Waals surface area contributed by atoms with Crippen LogP contribution in [-0.2, 0) is 0 Å². The van der Waals surface area contributed by atoms with Crippen molar-refractivity contribution >= 4 is 0 Å². The van der Waals surface area contributed by atoms with E-state index in [4.69, 9.17) is 0 Å². The lowest BCUT2D eigenvalue weighted by Gasteiger charge is -2.30. The highest BCUT2D eigenvalue weighted by molar-refractivity contribution is 4.67. The Labute approximate surface area is 114 Å². The second-order valence-corrected chi connectivity index (χ2v) is 5.96. The van der Waals surface area contributed by atoms with Crippen molar-refractivity contribution in [2.45, 2.75) is 12.8 Å². The maximum absolute atomic E-state index is 2.63. The van der Waals surface area contributed by atoms with Gasteiger partial charge in [0.05, 0.1) is 0 Å². The van der Waals surface area contributed by atoms with Crippen LogP contribution in [0.4, 0.5) is 0 Å². The van der Waals surface area contributed by atoms with E-state index < -0.39 is 0 Å². The van der Waals surface area contributed by atoms with E-state index in [1.165, 1.54) is 65.2 Å². The Kier molecular flexibility index (Phi) is 7.82. The lowest BCUT2D eigenvalue weighted by atomic mass is 10.3. The molecule has 0 radical (unpaired) electrons. The van der Waals surface area contributed by atoms with Crippen LogP contribution in [0.5, 0.6) is 0 Å². The number of hydrogen-bond acceptors (Lipinski definition) is 4. The SMILES string of the molecule is CN(C)CCCN1CCN(C)CCCN(C)CC1. The average molecular weight is 256 g/mol. The van der Waals surface area contributed by atoms with E-state index in [2.05, 4.69) is 47.8 Å². The first kappa shape index (κ1) is 15.9. The number of likely N-dealkylation sites (N-methyl/N-ethyl adjacent to an activating group) is 2. The van der Waals surface area contributed by atoms with Gasteiger partial charge in [0.2, 0.25) is 0 Å². The van der Waals surface area contributed by atoms with Crippen LogP contribution < -0.4 is 0 Å². The first-order valence-corrected chi connectivity index (χ1v) is 7.32. The number of hydrogen-bond donors (Lipinski definition) is 0. The molecule has 0 spiro atoms. The van der Waals surface area contributed by atoms with Crippen molar-refractivity contribution in [3.63, 3.8) is 0 Å². The summed E-state index contributed by atoms with van der Waals surface area (Å²) < 4.78 is 0. The minimum absolute atomic E-state index is 1.20. The molecule has 1 heterocycles. The van der Waals surface area contributed by atoms with Crippen molar-refractivity contribution in [1.29, 1.82) is 0 Å². The van der Waals surface area contributed by atoms with Crippen LogP contribution in [-0.4, -0.2) is 100 Å². The van der Waals surface area contributed by atoms with Gasteiger partial charge in [-0.2, -0.15) is 0 Å². The van der Waals surface area contributed by atoms with Gasteiger partial charge in [-0.1, -0.05) is 0 Å². The molecule has 0 aromatic carbocycles. The molecule has 1 saturated heterocycles. The highest BCUT2D eigenvalue weighted by Gasteiger charge is 2.10. The molecule has 4 heteroatoms. The summed E-state index contributed by atoms with van der Waals surface area (Å²) >= 11 is 0. The second kappa shape index (κ2) is 8.86. The fourth-order valence-corrected chi connectivity index (χ4v) is 2.40. The van der Waals surface area contributed by atoms with Crippen molar-refractivity contribution in [2.24, 2.45) is 0 Å². The maximum atomic E-state index is 2.63. The predicted molar refractivity (Wildman–Crippen MR) is 79.2 cm³/mol. The molecule has 0 aromatic heterocycles. The topological polar surface area (TPSA) is 13.0 Å². The molecule has 1 aliphatic rings. The predicted octanol–water partition coefficient (Wildman–Crippen LogP) is 0.507. The van der Waals surface area contributed by atoms with Crippen LogP contribution in [0.1, 0.15) is 12.8 Å². The van der Waals surface area contributed by atoms with Crippen molar-refractivity contribution < 1.29 is 0 Å². The van der Waals surface area contributed by atoms with Crippen molar-refractivity contribution in [2.75, 3.05) is 80.5 Å². The van der Waals surface area contributed by atoms with Crippen LogP contribution in [0.15, 0.2) is 0 Å². The first-order valence-electron chi connectivity index (χ1n) is 7.32. The first-order chi connectivity index (χ1) is 8.58. The molecule has 0 unspecified atom stereocenters. The fourth-order valence-electron chi connectivity index (χ4n) is 2.40. The van der Waals surface area contributed by atoms with Gasteiger partial charge >= 0.3 is 0 Å². The van der Waals surface area contributed by atoms with Gasteiger partial charge in [-0.05, 0) is 67.2 Å². The third kappa shape index (κ3) is 7.31. The monoisotopic (exact) mass is 256 g/mol. The zero-order valence-corrected chi connectivity index (χ0v) is 12.9. The molecule has 1 rings (SSSR count). The van der Waals surface area contributed by atoms with E-state index >= 15 is 0 Å². The average Bonchev–Trinajstić information content (AvgIpc) is 2.31. The Bertz CT molecular complexity index is 194. The molecule has 1 fully saturated rings. The largest absolute Gasteiger partial charge is 0.309 e. The Morgan fingerprint density at radius 3 is 1.89 bits per heavy atom. The van der Waals surface area contributed by atoms with Gasteiger partial charge in [0, 0.05) is 26.2 Å². The summed E-state index contributed by atoms with van der Waals surface area (Å²) in [4.78, 5) is 9.84. The lowest BCUT2D eigenvalue weighted by Crippen LogP contribution is -2.41. The Balaban J connectivity index is 2.32. The smallest absolute Gasteiger partial charge is 0.0110 e. The number of rotatable bonds is 4. The third-order valence-corrected chi connectivity index (χ3v) is 3.76. The molecular weight excluding hydrogens is 224 g/mol. The summed E-state index contributed by atoms with van der Waals surface area (Å²) in [5.74, 6) is 0. The van der Waals surface area contributed by atoms with Crippen LogP contribution in [0.25, 0.3) is 0 Å². The van der Waals surface area contributed by atoms with E-state index in [0.29, 0.717) is 0 Å². The highest BCUT2D eigenvalue weighted by atomic mass is 15.2. The standard InChI is InChI=1S/C14H32N4/c1-15(2)7-5-10-18-13-11-16(3)8-6-9-17(4)12-14-18/h5-14H2,1-4H3. The van der Waals surface area contributed by atoms with Crippen LogP contribution in [0.3, 0.4) is 0 Å². The molecule has 0 amide bonds. The summed E-state index contributed by atoms with van der Waals surface area (Å²) in [5.41, 5.74) is 0. The van der Waals surface area contributed by atoms with Crippen LogP contribution >= 0.6 is 0 Å². The summed E-state index contributed by atoms with van der Waals surface area (Å²) in [6.45, 7) is 9.76. The van der Waals surface area contributed by atoms with Gasteiger partial charge in [0.25, 0.3) is 0 Å². The molecule has 0 atom stereocenters. The van der Waals surface area contributed by atoms with Gasteiger partial charge in [0.1, 0.15) is 0 Å². The molecule has 0 bridgehead atoms. The molecule has 0 saturated carbocycles. The highest BCUT2D eigenvalue weighted by Crippen LogP contribution is 2.00. The van der Waals surface area contributed by atoms with Gasteiger partial charge in [-0.25, -0.2) is 0 Å². The van der Waals surface area contributed by atoms with Crippen LogP contribution in [0, 0.1) is 0 Å². The van der Waals surface area contributed by atoms with E-state index in [9.17, 15) is 0 Å². The van der Waals surface area contributed by atoms with Crippen LogP contribution in [0.2, 0.25) is 0 Å².